The lowest BCUT2D eigenvalue weighted by Gasteiger charge is -2.09. The minimum atomic E-state index is -4.88. The first kappa shape index (κ1) is 19.7. The zero-order valence-electron chi connectivity index (χ0n) is 13.8. The highest BCUT2D eigenvalue weighted by Crippen LogP contribution is 2.41. The van der Waals surface area contributed by atoms with Crippen molar-refractivity contribution in [2.45, 2.75) is 9.79 Å². The molecule has 10 nitrogen and oxygen atoms in total. The summed E-state index contributed by atoms with van der Waals surface area (Å²) in [5.41, 5.74) is -0.0859. The first-order valence-corrected chi connectivity index (χ1v) is 10.3. The zero-order valence-corrected chi connectivity index (χ0v) is 15.4. The lowest BCUT2D eigenvalue weighted by molar-refractivity contribution is 0.445. The van der Waals surface area contributed by atoms with Gasteiger partial charge in [-0.15, -0.1) is 5.11 Å². The molecule has 0 saturated carbocycles. The summed E-state index contributed by atoms with van der Waals surface area (Å²) in [6.45, 7) is 0. The van der Waals surface area contributed by atoms with E-state index in [-0.39, 0.29) is 27.9 Å². The molecule has 0 atom stereocenters. The van der Waals surface area contributed by atoms with Gasteiger partial charge in [0.1, 0.15) is 16.3 Å². The van der Waals surface area contributed by atoms with E-state index in [4.69, 9.17) is 4.55 Å². The van der Waals surface area contributed by atoms with Crippen molar-refractivity contribution in [3.05, 3.63) is 48.5 Å². The third-order valence-electron chi connectivity index (χ3n) is 3.71. The minimum absolute atomic E-state index is 0.0154. The summed E-state index contributed by atoms with van der Waals surface area (Å²) in [7, 11) is -9.46. The fraction of sp³-hybridized carbons (Fsp3) is 0. The Bertz CT molecular complexity index is 1320. The third kappa shape index (κ3) is 3.94. The Kier molecular flexibility index (Phi) is 4.81. The second-order valence-corrected chi connectivity index (χ2v) is 8.43. The second-order valence-electron chi connectivity index (χ2n) is 5.62. The average molecular weight is 424 g/mol. The summed E-state index contributed by atoms with van der Waals surface area (Å²) in [6, 6.07) is 9.49. The molecule has 0 saturated heterocycles. The summed E-state index contributed by atoms with van der Waals surface area (Å²) in [5, 5.41) is 27.2. The molecule has 4 N–H and O–H groups in total. The van der Waals surface area contributed by atoms with Gasteiger partial charge in [-0.1, -0.05) is 6.07 Å². The lowest BCUT2D eigenvalue weighted by Crippen LogP contribution is -2.00. The van der Waals surface area contributed by atoms with Crippen molar-refractivity contribution < 1.29 is 36.2 Å². The summed E-state index contributed by atoms with van der Waals surface area (Å²) < 4.78 is 64.3. The number of azo groups is 1. The predicted octanol–water partition coefficient (Wildman–Crippen LogP) is 3.16. The lowest BCUT2D eigenvalue weighted by atomic mass is 10.1. The molecule has 0 bridgehead atoms. The molecule has 0 aliphatic rings. The van der Waals surface area contributed by atoms with Crippen molar-refractivity contribution in [1.82, 2.24) is 0 Å². The molecule has 0 unspecified atom stereocenters. The van der Waals surface area contributed by atoms with Gasteiger partial charge in [-0.05, 0) is 47.9 Å². The fourth-order valence-electron chi connectivity index (χ4n) is 2.42. The number of phenols is 2. The Labute approximate surface area is 158 Å². The SMILES string of the molecule is O=S(=O)(O)c1ccc2c(N=Nc3ccc(O)cc3)c(O)c(S(=O)(=O)O)cc2c1. The van der Waals surface area contributed by atoms with Crippen LogP contribution in [0.5, 0.6) is 11.5 Å². The number of hydrogen-bond acceptors (Lipinski definition) is 8. The molecule has 0 amide bonds. The molecule has 0 heterocycles. The Morgan fingerprint density at radius 3 is 1.96 bits per heavy atom. The minimum Gasteiger partial charge on any atom is -0.508 e. The molecule has 0 fully saturated rings. The number of fused-ring (bicyclic) bond motifs is 1. The van der Waals surface area contributed by atoms with Crippen molar-refractivity contribution >= 4 is 42.4 Å². The Morgan fingerprint density at radius 1 is 0.750 bits per heavy atom. The summed E-state index contributed by atoms with van der Waals surface area (Å²) in [4.78, 5) is -1.43. The van der Waals surface area contributed by atoms with E-state index < -0.39 is 35.8 Å². The summed E-state index contributed by atoms with van der Waals surface area (Å²) in [6.07, 6.45) is 0. The number of aromatic hydroxyl groups is 2. The number of rotatable bonds is 4. The van der Waals surface area contributed by atoms with Crippen molar-refractivity contribution in [2.24, 2.45) is 10.2 Å². The van der Waals surface area contributed by atoms with Gasteiger partial charge in [0.2, 0.25) is 0 Å². The largest absolute Gasteiger partial charge is 0.508 e. The van der Waals surface area contributed by atoms with Crippen molar-refractivity contribution in [3.8, 4) is 11.5 Å². The monoisotopic (exact) mass is 424 g/mol. The maximum atomic E-state index is 11.6. The van der Waals surface area contributed by atoms with Crippen LogP contribution in [-0.2, 0) is 20.2 Å². The molecule has 3 aromatic rings. The summed E-state index contributed by atoms with van der Waals surface area (Å²) >= 11 is 0. The van der Waals surface area contributed by atoms with Crippen LogP contribution >= 0.6 is 0 Å². The van der Waals surface area contributed by atoms with E-state index in [0.29, 0.717) is 0 Å². The quantitative estimate of drug-likeness (QED) is 0.365. The van der Waals surface area contributed by atoms with Gasteiger partial charge < -0.3 is 10.2 Å². The van der Waals surface area contributed by atoms with E-state index in [1.807, 2.05) is 0 Å². The highest BCUT2D eigenvalue weighted by Gasteiger charge is 2.22. The van der Waals surface area contributed by atoms with Crippen molar-refractivity contribution in [2.75, 3.05) is 0 Å². The van der Waals surface area contributed by atoms with E-state index >= 15 is 0 Å². The molecule has 28 heavy (non-hydrogen) atoms. The van der Waals surface area contributed by atoms with Crippen LogP contribution in [0.15, 0.2) is 68.6 Å². The van der Waals surface area contributed by atoms with Crippen LogP contribution in [0.3, 0.4) is 0 Å². The molecular weight excluding hydrogens is 412 g/mol. The van der Waals surface area contributed by atoms with Crippen LogP contribution in [0.25, 0.3) is 10.8 Å². The van der Waals surface area contributed by atoms with E-state index in [0.717, 1.165) is 18.2 Å². The van der Waals surface area contributed by atoms with Crippen LogP contribution in [0.2, 0.25) is 0 Å². The number of hydrogen-bond donors (Lipinski definition) is 4. The average Bonchev–Trinajstić information content (AvgIpc) is 2.60. The molecule has 0 spiro atoms. The highest BCUT2D eigenvalue weighted by molar-refractivity contribution is 7.86. The topological polar surface area (TPSA) is 174 Å². The molecule has 0 radical (unpaired) electrons. The Morgan fingerprint density at radius 2 is 1.39 bits per heavy atom. The molecule has 3 aromatic carbocycles. The normalized spacial score (nSPS) is 12.6. The van der Waals surface area contributed by atoms with Gasteiger partial charge in [-0.3, -0.25) is 9.11 Å². The standard InChI is InChI=1S/C16H12N2O8S2/c19-11-3-1-10(2-4-11)17-18-15-13-6-5-12(27(21,22)23)7-9(13)8-14(16(15)20)28(24,25)26/h1-8,19-20H,(H,21,22,23)(H,24,25,26). The fourth-order valence-corrected chi connectivity index (χ4v) is 3.55. The van der Waals surface area contributed by atoms with E-state index in [1.54, 1.807) is 0 Å². The smallest absolute Gasteiger partial charge is 0.298 e. The van der Waals surface area contributed by atoms with Gasteiger partial charge >= 0.3 is 0 Å². The number of benzene rings is 3. The first-order chi connectivity index (χ1) is 13.0. The summed E-state index contributed by atoms with van der Waals surface area (Å²) in [5.74, 6) is -0.907. The second kappa shape index (κ2) is 6.83. The number of phenolic OH excluding ortho intramolecular Hbond substituents is 2. The molecule has 0 aromatic heterocycles. The van der Waals surface area contributed by atoms with Crippen LogP contribution in [0.1, 0.15) is 0 Å². The van der Waals surface area contributed by atoms with Gasteiger partial charge in [0, 0.05) is 5.39 Å². The van der Waals surface area contributed by atoms with Gasteiger partial charge in [0.25, 0.3) is 20.2 Å². The molecule has 3 rings (SSSR count). The van der Waals surface area contributed by atoms with Gasteiger partial charge in [-0.25, -0.2) is 0 Å². The van der Waals surface area contributed by atoms with Crippen LogP contribution in [0.4, 0.5) is 11.4 Å². The highest BCUT2D eigenvalue weighted by atomic mass is 32.2. The first-order valence-electron chi connectivity index (χ1n) is 7.42. The Balaban J connectivity index is 2.29. The predicted molar refractivity (Wildman–Crippen MR) is 97.5 cm³/mol. The third-order valence-corrected chi connectivity index (χ3v) is 5.43. The van der Waals surface area contributed by atoms with Crippen LogP contribution < -0.4 is 0 Å². The zero-order chi connectivity index (χ0) is 20.7. The van der Waals surface area contributed by atoms with Gasteiger partial charge in [-0.2, -0.15) is 21.9 Å². The number of nitrogens with zero attached hydrogens (tertiary/aromatic N) is 2. The maximum Gasteiger partial charge on any atom is 0.298 e. The van der Waals surface area contributed by atoms with Crippen LogP contribution in [-0.4, -0.2) is 36.2 Å². The van der Waals surface area contributed by atoms with E-state index in [9.17, 15) is 31.6 Å². The molecule has 0 aliphatic carbocycles. The van der Waals surface area contributed by atoms with Crippen molar-refractivity contribution in [3.63, 3.8) is 0 Å². The van der Waals surface area contributed by atoms with Gasteiger partial charge in [0.05, 0.1) is 10.6 Å². The Hall–Kier alpha value is -3.06. The molecule has 12 heteroatoms. The molecule has 0 aliphatic heterocycles. The van der Waals surface area contributed by atoms with E-state index in [1.165, 1.54) is 30.3 Å². The van der Waals surface area contributed by atoms with Crippen LogP contribution in [0, 0.1) is 0 Å². The molecule has 146 valence electrons. The van der Waals surface area contributed by atoms with Gasteiger partial charge in [0.15, 0.2) is 5.75 Å². The van der Waals surface area contributed by atoms with Crippen molar-refractivity contribution in [1.29, 1.82) is 0 Å². The maximum absolute atomic E-state index is 11.6. The van der Waals surface area contributed by atoms with E-state index in [2.05, 4.69) is 10.2 Å². The molecular formula is C16H12N2O8S2.